The van der Waals surface area contributed by atoms with E-state index < -0.39 is 6.10 Å². The Kier molecular flexibility index (Phi) is 4.57. The number of hydrogen-bond acceptors (Lipinski definition) is 4. The van der Waals surface area contributed by atoms with Crippen LogP contribution in [-0.2, 0) is 0 Å². The molecule has 0 aromatic carbocycles. The summed E-state index contributed by atoms with van der Waals surface area (Å²) in [5.41, 5.74) is 0.852. The van der Waals surface area contributed by atoms with Crippen LogP contribution in [0, 0.1) is 0 Å². The Labute approximate surface area is 94.6 Å². The highest BCUT2D eigenvalue weighted by molar-refractivity contribution is 7.99. The molecule has 0 bridgehead atoms. The lowest BCUT2D eigenvalue weighted by Gasteiger charge is -2.14. The van der Waals surface area contributed by atoms with E-state index in [1.54, 1.807) is 26.1 Å². The summed E-state index contributed by atoms with van der Waals surface area (Å²) < 4.78 is 0. The quantitative estimate of drug-likeness (QED) is 0.772. The highest BCUT2D eigenvalue weighted by Gasteiger charge is 2.12. The molecule has 0 aliphatic carbocycles. The molecule has 0 radical (unpaired) electrons. The van der Waals surface area contributed by atoms with Crippen LogP contribution in [0.2, 0.25) is 0 Å². The lowest BCUT2D eigenvalue weighted by Crippen LogP contribution is -2.15. The van der Waals surface area contributed by atoms with Gasteiger partial charge in [-0.2, -0.15) is 0 Å². The maximum atomic E-state index is 9.41. The summed E-state index contributed by atoms with van der Waals surface area (Å²) in [6.45, 7) is 5.43. The first-order valence-corrected chi connectivity index (χ1v) is 5.87. The molecule has 1 rings (SSSR count). The first-order valence-electron chi connectivity index (χ1n) is 4.99. The number of hydrogen-bond donors (Lipinski definition) is 2. The monoisotopic (exact) mass is 227 g/mol. The molecule has 1 aromatic heterocycles. The zero-order chi connectivity index (χ0) is 11.4. The van der Waals surface area contributed by atoms with Gasteiger partial charge in [-0.25, -0.2) is 4.98 Å². The van der Waals surface area contributed by atoms with E-state index in [0.717, 1.165) is 10.6 Å². The maximum absolute atomic E-state index is 9.41. The van der Waals surface area contributed by atoms with Crippen molar-refractivity contribution in [3.63, 3.8) is 0 Å². The summed E-state index contributed by atoms with van der Waals surface area (Å²) in [6.07, 6.45) is 0.834. The Bertz CT molecular complexity index is 315. The summed E-state index contributed by atoms with van der Waals surface area (Å²) >= 11 is 1.51. The second-order valence-electron chi connectivity index (χ2n) is 3.67. The summed E-state index contributed by atoms with van der Waals surface area (Å²) in [7, 11) is 0. The van der Waals surface area contributed by atoms with Crippen molar-refractivity contribution in [2.24, 2.45) is 0 Å². The van der Waals surface area contributed by atoms with Crippen molar-refractivity contribution in [3.8, 4) is 0 Å². The van der Waals surface area contributed by atoms with Crippen molar-refractivity contribution in [3.05, 3.63) is 23.9 Å². The molecule has 3 nitrogen and oxygen atoms in total. The largest absolute Gasteiger partial charge is 0.392 e. The number of thioether (sulfide) groups is 1. The predicted molar refractivity (Wildman–Crippen MR) is 61.9 cm³/mol. The van der Waals surface area contributed by atoms with Gasteiger partial charge in [0, 0.05) is 11.4 Å². The van der Waals surface area contributed by atoms with Crippen LogP contribution in [0.4, 0.5) is 0 Å². The average Bonchev–Trinajstić information content (AvgIpc) is 2.18. The van der Waals surface area contributed by atoms with Crippen molar-refractivity contribution in [1.82, 2.24) is 4.98 Å². The molecule has 4 heteroatoms. The maximum Gasteiger partial charge on any atom is 0.0967 e. The van der Waals surface area contributed by atoms with Crippen molar-refractivity contribution < 1.29 is 10.2 Å². The topological polar surface area (TPSA) is 53.4 Å². The minimum absolute atomic E-state index is 0.0988. The lowest BCUT2D eigenvalue weighted by molar-refractivity contribution is 0.196. The molecule has 0 saturated carbocycles. The number of aromatic nitrogens is 1. The molecule has 0 saturated heterocycles. The number of aliphatic hydroxyl groups is 2. The fraction of sp³-hybridized carbons (Fsp3) is 0.545. The van der Waals surface area contributed by atoms with E-state index in [1.807, 2.05) is 13.0 Å². The number of aliphatic hydroxyl groups excluding tert-OH is 2. The Balaban J connectivity index is 2.73. The van der Waals surface area contributed by atoms with Crippen molar-refractivity contribution >= 4 is 11.8 Å². The Hall–Kier alpha value is -0.580. The molecule has 0 spiro atoms. The molecule has 84 valence electrons. The van der Waals surface area contributed by atoms with Crippen LogP contribution in [0.5, 0.6) is 0 Å². The van der Waals surface area contributed by atoms with Gasteiger partial charge in [-0.3, -0.25) is 0 Å². The van der Waals surface area contributed by atoms with Crippen LogP contribution in [-0.4, -0.2) is 26.6 Å². The van der Waals surface area contributed by atoms with Crippen LogP contribution in [0.15, 0.2) is 23.4 Å². The van der Waals surface area contributed by atoms with Gasteiger partial charge >= 0.3 is 0 Å². The van der Waals surface area contributed by atoms with E-state index in [1.165, 1.54) is 11.8 Å². The van der Waals surface area contributed by atoms with Crippen LogP contribution in [0.1, 0.15) is 32.4 Å². The minimum atomic E-state index is -0.478. The van der Waals surface area contributed by atoms with E-state index in [0.29, 0.717) is 0 Å². The molecule has 2 N–H and O–H groups in total. The molecule has 1 heterocycles. The highest BCUT2D eigenvalue weighted by Crippen LogP contribution is 2.25. The van der Waals surface area contributed by atoms with Gasteiger partial charge < -0.3 is 10.2 Å². The Morgan fingerprint density at radius 2 is 1.93 bits per heavy atom. The standard InChI is InChI=1S/C11H17NO2S/c1-7(13)9(3)15-11-6-10(8(2)14)4-5-12-11/h4-9,13-14H,1-3H3/t7?,8-,9?/m1/s1. The van der Waals surface area contributed by atoms with Crippen LogP contribution >= 0.6 is 11.8 Å². The first kappa shape index (κ1) is 12.5. The van der Waals surface area contributed by atoms with E-state index >= 15 is 0 Å². The summed E-state index contributed by atoms with van der Waals surface area (Å²) in [5, 5.41) is 19.7. The van der Waals surface area contributed by atoms with Crippen molar-refractivity contribution in [2.45, 2.75) is 43.3 Å². The van der Waals surface area contributed by atoms with Gasteiger partial charge in [-0.05, 0) is 31.5 Å². The SMILES string of the molecule is CC(O)C(C)Sc1cc([C@@H](C)O)ccn1. The fourth-order valence-corrected chi connectivity index (χ4v) is 1.94. The van der Waals surface area contributed by atoms with Gasteiger partial charge in [0.2, 0.25) is 0 Å². The van der Waals surface area contributed by atoms with Gasteiger partial charge in [-0.15, -0.1) is 11.8 Å². The zero-order valence-electron chi connectivity index (χ0n) is 9.21. The van der Waals surface area contributed by atoms with Gasteiger partial charge in [0.05, 0.1) is 17.2 Å². The third-order valence-electron chi connectivity index (χ3n) is 2.23. The van der Waals surface area contributed by atoms with E-state index in [4.69, 9.17) is 0 Å². The molecule has 15 heavy (non-hydrogen) atoms. The van der Waals surface area contributed by atoms with Gasteiger partial charge in [-0.1, -0.05) is 6.92 Å². The van der Waals surface area contributed by atoms with Gasteiger partial charge in [0.1, 0.15) is 0 Å². The third-order valence-corrected chi connectivity index (χ3v) is 3.46. The van der Waals surface area contributed by atoms with Crippen molar-refractivity contribution in [1.29, 1.82) is 0 Å². The molecule has 0 aliphatic rings. The first-order chi connectivity index (χ1) is 7.00. The van der Waals surface area contributed by atoms with E-state index in [-0.39, 0.29) is 11.4 Å². The normalized spacial score (nSPS) is 17.1. The van der Waals surface area contributed by atoms with Crippen LogP contribution < -0.4 is 0 Å². The molecular weight excluding hydrogens is 210 g/mol. The van der Waals surface area contributed by atoms with E-state index in [2.05, 4.69) is 4.98 Å². The summed E-state index contributed by atoms with van der Waals surface area (Å²) in [5.74, 6) is 0. The zero-order valence-corrected chi connectivity index (χ0v) is 10.0. The second-order valence-corrected chi connectivity index (χ2v) is 5.06. The van der Waals surface area contributed by atoms with Gasteiger partial charge in [0.15, 0.2) is 0 Å². The second kappa shape index (κ2) is 5.49. The molecule has 2 unspecified atom stereocenters. The fourth-order valence-electron chi connectivity index (χ4n) is 1.04. The van der Waals surface area contributed by atoms with Crippen molar-refractivity contribution in [2.75, 3.05) is 0 Å². The number of pyridine rings is 1. The predicted octanol–water partition coefficient (Wildman–Crippen LogP) is 2.00. The summed E-state index contributed by atoms with van der Waals surface area (Å²) in [6, 6.07) is 3.65. The molecule has 0 aliphatic heterocycles. The van der Waals surface area contributed by atoms with E-state index in [9.17, 15) is 10.2 Å². The molecule has 1 aromatic rings. The third kappa shape index (κ3) is 3.81. The molecule has 3 atom stereocenters. The number of nitrogens with zero attached hydrogens (tertiary/aromatic N) is 1. The lowest BCUT2D eigenvalue weighted by atomic mass is 10.2. The number of rotatable bonds is 4. The molecule has 0 fully saturated rings. The average molecular weight is 227 g/mol. The smallest absolute Gasteiger partial charge is 0.0967 e. The highest BCUT2D eigenvalue weighted by atomic mass is 32.2. The summed E-state index contributed by atoms with van der Waals surface area (Å²) in [4.78, 5) is 4.18. The van der Waals surface area contributed by atoms with Gasteiger partial charge in [0.25, 0.3) is 0 Å². The Morgan fingerprint density at radius 1 is 1.27 bits per heavy atom. The minimum Gasteiger partial charge on any atom is -0.392 e. The van der Waals surface area contributed by atoms with Crippen LogP contribution in [0.25, 0.3) is 0 Å². The van der Waals surface area contributed by atoms with Crippen LogP contribution in [0.3, 0.4) is 0 Å². The molecular formula is C11H17NO2S. The Morgan fingerprint density at radius 3 is 2.47 bits per heavy atom. The molecule has 0 amide bonds.